The number of hydrogen-bond acceptors (Lipinski definition) is 6. The smallest absolute Gasteiger partial charge is 0.243 e. The molecule has 0 bridgehead atoms. The molecule has 1 saturated heterocycles. The fourth-order valence-corrected chi connectivity index (χ4v) is 4.69. The van der Waals surface area contributed by atoms with Gasteiger partial charge in [-0.2, -0.15) is 0 Å². The molecule has 1 aliphatic rings. The molecule has 2 rings (SSSR count). The van der Waals surface area contributed by atoms with Gasteiger partial charge in [-0.1, -0.05) is 33.6 Å². The van der Waals surface area contributed by atoms with Gasteiger partial charge in [0.2, 0.25) is 11.8 Å². The maximum atomic E-state index is 13.1. The van der Waals surface area contributed by atoms with Crippen molar-refractivity contribution >= 4 is 29.4 Å². The second kappa shape index (κ2) is 14.4. The first-order valence-electron chi connectivity index (χ1n) is 11.8. The van der Waals surface area contributed by atoms with Crippen molar-refractivity contribution < 1.29 is 18.8 Å². The maximum Gasteiger partial charge on any atom is 0.243 e. The first kappa shape index (κ1) is 26.5. The Labute approximate surface area is 196 Å². The van der Waals surface area contributed by atoms with Crippen molar-refractivity contribution in [2.45, 2.75) is 77.1 Å². The summed E-state index contributed by atoms with van der Waals surface area (Å²) < 4.78 is 5.31. The van der Waals surface area contributed by atoms with Gasteiger partial charge in [0, 0.05) is 5.92 Å². The summed E-state index contributed by atoms with van der Waals surface area (Å²) in [5.41, 5.74) is 0. The zero-order chi connectivity index (χ0) is 23.3. The van der Waals surface area contributed by atoms with Crippen LogP contribution in [0.5, 0.6) is 0 Å². The maximum absolute atomic E-state index is 13.1. The Morgan fingerprint density at radius 1 is 1.19 bits per heavy atom. The van der Waals surface area contributed by atoms with Crippen molar-refractivity contribution in [2.75, 3.05) is 18.8 Å². The number of thioether (sulfide) groups is 1. The summed E-state index contributed by atoms with van der Waals surface area (Å²) in [6.07, 6.45) is 6.15. The van der Waals surface area contributed by atoms with Crippen molar-refractivity contribution in [1.29, 1.82) is 0 Å². The van der Waals surface area contributed by atoms with E-state index in [9.17, 15) is 14.4 Å². The van der Waals surface area contributed by atoms with Gasteiger partial charge in [-0.3, -0.25) is 14.4 Å². The minimum atomic E-state index is -0.620. The van der Waals surface area contributed by atoms with E-state index in [1.54, 1.807) is 6.26 Å². The topological polar surface area (TPSA) is 100 Å². The van der Waals surface area contributed by atoms with E-state index in [0.29, 0.717) is 24.3 Å². The van der Waals surface area contributed by atoms with E-state index in [-0.39, 0.29) is 29.4 Å². The van der Waals surface area contributed by atoms with E-state index >= 15 is 0 Å². The Kier molecular flexibility index (Phi) is 11.9. The van der Waals surface area contributed by atoms with Crippen LogP contribution >= 0.6 is 11.8 Å². The Morgan fingerprint density at radius 2 is 1.94 bits per heavy atom. The molecule has 1 aliphatic heterocycles. The third kappa shape index (κ3) is 9.36. The van der Waals surface area contributed by atoms with E-state index < -0.39 is 12.1 Å². The molecule has 3 N–H and O–H groups in total. The van der Waals surface area contributed by atoms with Crippen molar-refractivity contribution in [3.05, 3.63) is 24.2 Å². The van der Waals surface area contributed by atoms with E-state index in [1.165, 1.54) is 11.8 Å². The zero-order valence-electron chi connectivity index (χ0n) is 19.7. The highest BCUT2D eigenvalue weighted by molar-refractivity contribution is 7.99. The Hall–Kier alpha value is -1.80. The molecule has 7 nitrogen and oxygen atoms in total. The summed E-state index contributed by atoms with van der Waals surface area (Å²) in [6, 6.07) is 2.56. The van der Waals surface area contributed by atoms with Crippen molar-refractivity contribution in [3.63, 3.8) is 0 Å². The molecule has 0 aliphatic carbocycles. The van der Waals surface area contributed by atoms with Gasteiger partial charge in [0.05, 0.1) is 23.8 Å². The molecule has 2 amide bonds. The van der Waals surface area contributed by atoms with Crippen LogP contribution in [0.3, 0.4) is 0 Å². The molecule has 32 heavy (non-hydrogen) atoms. The lowest BCUT2D eigenvalue weighted by Gasteiger charge is -2.27. The van der Waals surface area contributed by atoms with Gasteiger partial charge in [0.1, 0.15) is 11.8 Å². The predicted octanol–water partition coefficient (Wildman–Crippen LogP) is 3.29. The molecular weight excluding hydrogens is 426 g/mol. The largest absolute Gasteiger partial charge is 0.468 e. The van der Waals surface area contributed by atoms with Crippen molar-refractivity contribution in [3.8, 4) is 0 Å². The normalized spacial score (nSPS) is 16.5. The summed E-state index contributed by atoms with van der Waals surface area (Å²) >= 11 is 1.49. The number of hydrogen-bond donors (Lipinski definition) is 3. The SMILES string of the molecule is CCCCC(NC(=O)C(CC(C)C)NC(=O)C1CCNCC1)C(=O)CSCc1ccco1. The van der Waals surface area contributed by atoms with Crippen LogP contribution < -0.4 is 16.0 Å². The number of rotatable bonds is 14. The number of unbranched alkanes of at least 4 members (excludes halogenated alkanes) is 1. The van der Waals surface area contributed by atoms with Gasteiger partial charge in [0.25, 0.3) is 0 Å². The molecule has 0 aromatic carbocycles. The first-order valence-corrected chi connectivity index (χ1v) is 13.0. The number of carbonyl (C=O) groups is 3. The highest BCUT2D eigenvalue weighted by atomic mass is 32.2. The van der Waals surface area contributed by atoms with Crippen LogP contribution in [0.4, 0.5) is 0 Å². The van der Waals surface area contributed by atoms with Gasteiger partial charge in [-0.05, 0) is 56.8 Å². The molecule has 2 heterocycles. The molecule has 8 heteroatoms. The van der Waals surface area contributed by atoms with Gasteiger partial charge < -0.3 is 20.4 Å². The van der Waals surface area contributed by atoms with Crippen molar-refractivity contribution in [2.24, 2.45) is 11.8 Å². The average molecular weight is 466 g/mol. The van der Waals surface area contributed by atoms with Crippen LogP contribution in [0, 0.1) is 11.8 Å². The van der Waals surface area contributed by atoms with E-state index in [1.807, 2.05) is 26.0 Å². The zero-order valence-corrected chi connectivity index (χ0v) is 20.5. The second-order valence-corrected chi connectivity index (χ2v) is 9.94. The molecular formula is C24H39N3O4S. The van der Waals surface area contributed by atoms with Gasteiger partial charge in [0.15, 0.2) is 5.78 Å². The van der Waals surface area contributed by atoms with Crippen LogP contribution in [-0.2, 0) is 20.1 Å². The molecule has 180 valence electrons. The number of Topliss-reactive ketones (excluding diaryl/α,β-unsaturated/α-hetero) is 1. The monoisotopic (exact) mass is 465 g/mol. The summed E-state index contributed by atoms with van der Waals surface area (Å²) in [6.45, 7) is 7.77. The highest BCUT2D eigenvalue weighted by Gasteiger charge is 2.29. The Bertz CT molecular complexity index is 702. The van der Waals surface area contributed by atoms with E-state index in [2.05, 4.69) is 22.9 Å². The number of carbonyl (C=O) groups excluding carboxylic acids is 3. The first-order chi connectivity index (χ1) is 15.4. The van der Waals surface area contributed by atoms with Crippen LogP contribution in [0.15, 0.2) is 22.8 Å². The number of nitrogens with one attached hydrogen (secondary N) is 3. The molecule has 2 unspecified atom stereocenters. The second-order valence-electron chi connectivity index (χ2n) is 8.96. The number of amides is 2. The molecule has 0 radical (unpaired) electrons. The third-order valence-electron chi connectivity index (χ3n) is 5.67. The molecule has 2 atom stereocenters. The molecule has 1 aromatic rings. The minimum Gasteiger partial charge on any atom is -0.468 e. The molecule has 1 aromatic heterocycles. The van der Waals surface area contributed by atoms with Crippen LogP contribution in [0.2, 0.25) is 0 Å². The molecule has 0 saturated carbocycles. The summed E-state index contributed by atoms with van der Waals surface area (Å²) in [7, 11) is 0. The van der Waals surface area contributed by atoms with Gasteiger partial charge >= 0.3 is 0 Å². The third-order valence-corrected chi connectivity index (χ3v) is 6.65. The lowest BCUT2D eigenvalue weighted by molar-refractivity contribution is -0.133. The van der Waals surface area contributed by atoms with Crippen LogP contribution in [-0.4, -0.2) is 48.5 Å². The van der Waals surface area contributed by atoms with Crippen LogP contribution in [0.1, 0.15) is 65.1 Å². The standard InChI is InChI=1S/C24H39N3O4S/c1-4-5-8-20(22(28)16-32-15-19-7-6-13-31-19)26-24(30)21(14-17(2)3)27-23(29)18-9-11-25-12-10-18/h6-7,13,17-18,20-21,25H,4-5,8-12,14-16H2,1-3H3,(H,26,30)(H,27,29). The Morgan fingerprint density at radius 3 is 2.56 bits per heavy atom. The quantitative estimate of drug-likeness (QED) is 0.390. The van der Waals surface area contributed by atoms with Gasteiger partial charge in [-0.15, -0.1) is 11.8 Å². The number of furan rings is 1. The lowest BCUT2D eigenvalue weighted by Crippen LogP contribution is -2.53. The number of piperidine rings is 1. The summed E-state index contributed by atoms with van der Waals surface area (Å²) in [5.74, 6) is 1.64. The fourth-order valence-electron chi connectivity index (χ4n) is 3.82. The Balaban J connectivity index is 1.95. The molecule has 0 spiro atoms. The predicted molar refractivity (Wildman–Crippen MR) is 128 cm³/mol. The van der Waals surface area contributed by atoms with E-state index in [4.69, 9.17) is 4.42 Å². The van der Waals surface area contributed by atoms with Crippen molar-refractivity contribution in [1.82, 2.24) is 16.0 Å². The number of ketones is 1. The average Bonchev–Trinajstić information content (AvgIpc) is 3.29. The van der Waals surface area contributed by atoms with Gasteiger partial charge in [-0.25, -0.2) is 0 Å². The lowest BCUT2D eigenvalue weighted by atomic mass is 9.95. The highest BCUT2D eigenvalue weighted by Crippen LogP contribution is 2.16. The fraction of sp³-hybridized carbons (Fsp3) is 0.708. The summed E-state index contributed by atoms with van der Waals surface area (Å²) in [5, 5.41) is 9.19. The minimum absolute atomic E-state index is 0.0105. The van der Waals surface area contributed by atoms with Crippen LogP contribution in [0.25, 0.3) is 0 Å². The summed E-state index contributed by atoms with van der Waals surface area (Å²) in [4.78, 5) is 38.7. The molecule has 1 fully saturated rings. The van der Waals surface area contributed by atoms with E-state index in [0.717, 1.165) is 44.5 Å².